The van der Waals surface area contributed by atoms with Gasteiger partial charge in [0.05, 0.1) is 24.3 Å². The van der Waals surface area contributed by atoms with E-state index in [0.717, 1.165) is 29.5 Å². The smallest absolute Gasteiger partial charge is 0.337 e. The zero-order valence-electron chi connectivity index (χ0n) is 15.9. The van der Waals surface area contributed by atoms with E-state index in [1.807, 2.05) is 11.6 Å². The summed E-state index contributed by atoms with van der Waals surface area (Å²) in [5, 5.41) is 3.00. The summed E-state index contributed by atoms with van der Waals surface area (Å²) in [4.78, 5) is 23.0. The molecule has 10 heteroatoms. The molecule has 1 fully saturated rings. The van der Waals surface area contributed by atoms with Crippen molar-refractivity contribution in [3.8, 4) is 0 Å². The molecule has 0 spiro atoms. The summed E-state index contributed by atoms with van der Waals surface area (Å²) >= 11 is 8.48. The molecular formula is C19H20ClFN4O2S2. The predicted octanol–water partition coefficient (Wildman–Crippen LogP) is 3.75. The number of esters is 1. The van der Waals surface area contributed by atoms with Crippen LogP contribution in [-0.4, -0.2) is 54.2 Å². The lowest BCUT2D eigenvalue weighted by Gasteiger charge is -2.26. The van der Waals surface area contributed by atoms with Crippen molar-refractivity contribution in [2.45, 2.75) is 12.5 Å². The highest BCUT2D eigenvalue weighted by molar-refractivity contribution is 7.96. The maximum Gasteiger partial charge on any atom is 0.337 e. The number of aliphatic imine (C=N–C) groups is 1. The lowest BCUT2D eigenvalue weighted by molar-refractivity contribution is -0.136. The summed E-state index contributed by atoms with van der Waals surface area (Å²) in [6, 6.07) is 6.41. The van der Waals surface area contributed by atoms with Gasteiger partial charge in [-0.1, -0.05) is 35.7 Å². The number of nitrogens with one attached hydrogen (secondary N) is 1. The third-order valence-corrected chi connectivity index (χ3v) is 5.97. The molecule has 1 saturated heterocycles. The van der Waals surface area contributed by atoms with Crippen molar-refractivity contribution >= 4 is 46.7 Å². The number of rotatable bonds is 4. The van der Waals surface area contributed by atoms with Crippen LogP contribution in [0.4, 0.5) is 4.39 Å². The maximum absolute atomic E-state index is 12.2. The standard InChI is InChI=1S/C13H16N4O2S2.C6H4ClF/c1-19-13(18)9-6-15-11(12-14-3-4-21-12)17-7-8(16-20-2)5-10(9)17;7-5-3-1-2-4-6(5)8/h3-4,8,16H,5-7H2,1-2H3;1-4H. The first kappa shape index (κ1) is 21.8. The number of fused-ring (bicyclic) bond motifs is 1. The van der Waals surface area contributed by atoms with E-state index in [-0.39, 0.29) is 22.9 Å². The number of methoxy groups -OCH3 is 1. The molecule has 4 rings (SSSR count). The van der Waals surface area contributed by atoms with Gasteiger partial charge < -0.3 is 9.64 Å². The zero-order chi connectivity index (χ0) is 20.8. The van der Waals surface area contributed by atoms with E-state index in [0.29, 0.717) is 12.1 Å². The Bertz CT molecular complexity index is 900. The number of nitrogens with zero attached hydrogens (tertiary/aromatic N) is 3. The Morgan fingerprint density at radius 3 is 2.83 bits per heavy atom. The first-order valence-electron chi connectivity index (χ1n) is 8.75. The molecule has 154 valence electrons. The molecule has 0 radical (unpaired) electrons. The average Bonchev–Trinajstić information content (AvgIpc) is 3.39. The minimum absolute atomic E-state index is 0.174. The topological polar surface area (TPSA) is 66.8 Å². The van der Waals surface area contributed by atoms with Crippen LogP contribution in [0.25, 0.3) is 0 Å². The van der Waals surface area contributed by atoms with E-state index in [9.17, 15) is 9.18 Å². The highest BCUT2D eigenvalue weighted by Crippen LogP contribution is 2.32. The van der Waals surface area contributed by atoms with E-state index >= 15 is 0 Å². The van der Waals surface area contributed by atoms with Gasteiger partial charge >= 0.3 is 5.97 Å². The zero-order valence-corrected chi connectivity index (χ0v) is 18.3. The van der Waals surface area contributed by atoms with Gasteiger partial charge in [-0.15, -0.1) is 11.3 Å². The number of carbonyl (C=O) groups is 1. The molecule has 0 bridgehead atoms. The Hall–Kier alpha value is -1.94. The highest BCUT2D eigenvalue weighted by atomic mass is 35.5. The van der Waals surface area contributed by atoms with Gasteiger partial charge in [0.1, 0.15) is 5.82 Å². The summed E-state index contributed by atoms with van der Waals surface area (Å²) in [6.45, 7) is 1.15. The first-order chi connectivity index (χ1) is 14.0. The SMILES string of the molecule is COC(=O)C1=C2CC(NSC)CN2C(c2nccs2)=NC1.Fc1ccccc1Cl. The predicted molar refractivity (Wildman–Crippen MR) is 116 cm³/mol. The molecule has 2 aliphatic heterocycles. The van der Waals surface area contributed by atoms with Crippen molar-refractivity contribution in [3.05, 3.63) is 63.0 Å². The van der Waals surface area contributed by atoms with Gasteiger partial charge in [-0.2, -0.15) is 0 Å². The van der Waals surface area contributed by atoms with Gasteiger partial charge in [0.2, 0.25) is 0 Å². The van der Waals surface area contributed by atoms with Gasteiger partial charge in [-0.3, -0.25) is 9.71 Å². The van der Waals surface area contributed by atoms with Crippen molar-refractivity contribution in [3.63, 3.8) is 0 Å². The summed E-state index contributed by atoms with van der Waals surface area (Å²) in [5.41, 5.74) is 1.66. The molecule has 1 atom stereocenters. The Kier molecular flexibility index (Phi) is 7.65. The van der Waals surface area contributed by atoms with Crippen molar-refractivity contribution in [2.75, 3.05) is 26.5 Å². The molecular weight excluding hydrogens is 435 g/mol. The number of halogens is 2. The van der Waals surface area contributed by atoms with Gasteiger partial charge in [0.25, 0.3) is 0 Å². The Morgan fingerprint density at radius 1 is 1.45 bits per heavy atom. The minimum Gasteiger partial charge on any atom is -0.466 e. The molecule has 2 aliphatic rings. The van der Waals surface area contributed by atoms with Crippen LogP contribution in [0.1, 0.15) is 11.4 Å². The van der Waals surface area contributed by atoms with Crippen LogP contribution in [0, 0.1) is 5.82 Å². The average molecular weight is 455 g/mol. The van der Waals surface area contributed by atoms with Crippen LogP contribution in [0.3, 0.4) is 0 Å². The highest BCUT2D eigenvalue weighted by Gasteiger charge is 2.37. The van der Waals surface area contributed by atoms with E-state index in [2.05, 4.69) is 19.6 Å². The Balaban J connectivity index is 0.000000252. The third-order valence-electron chi connectivity index (χ3n) is 4.32. The van der Waals surface area contributed by atoms with Gasteiger partial charge in [-0.25, -0.2) is 14.2 Å². The van der Waals surface area contributed by atoms with Crippen LogP contribution in [0.5, 0.6) is 0 Å². The van der Waals surface area contributed by atoms with Gasteiger partial charge in [0, 0.05) is 36.3 Å². The second kappa shape index (κ2) is 10.2. The first-order valence-corrected chi connectivity index (χ1v) is 11.2. The number of hydrogen-bond acceptors (Lipinski definition) is 8. The molecule has 1 aromatic carbocycles. The Labute approximate surface area is 182 Å². The van der Waals surface area contributed by atoms with Crippen LogP contribution < -0.4 is 4.72 Å². The van der Waals surface area contributed by atoms with Crippen LogP contribution in [0.2, 0.25) is 5.02 Å². The van der Waals surface area contributed by atoms with Gasteiger partial charge in [-0.05, 0) is 18.4 Å². The quantitative estimate of drug-likeness (QED) is 0.560. The number of benzene rings is 1. The van der Waals surface area contributed by atoms with Crippen molar-refractivity contribution in [1.29, 1.82) is 0 Å². The largest absolute Gasteiger partial charge is 0.466 e. The number of hydrogen-bond donors (Lipinski definition) is 1. The fourth-order valence-electron chi connectivity index (χ4n) is 3.08. The minimum atomic E-state index is -0.367. The van der Waals surface area contributed by atoms with Crippen molar-refractivity contribution < 1.29 is 13.9 Å². The fraction of sp³-hybridized carbons (Fsp3) is 0.316. The molecule has 0 amide bonds. The van der Waals surface area contributed by atoms with Crippen molar-refractivity contribution in [1.82, 2.24) is 14.6 Å². The molecule has 3 heterocycles. The lowest BCUT2D eigenvalue weighted by Crippen LogP contribution is -2.36. The summed E-state index contributed by atoms with van der Waals surface area (Å²) < 4.78 is 20.4. The molecule has 29 heavy (non-hydrogen) atoms. The van der Waals surface area contributed by atoms with Gasteiger partial charge in [0.15, 0.2) is 10.8 Å². The summed E-state index contributed by atoms with van der Waals surface area (Å²) in [5.74, 6) is 0.203. The van der Waals surface area contributed by atoms with Crippen molar-refractivity contribution in [2.24, 2.45) is 4.99 Å². The van der Waals surface area contributed by atoms with E-state index in [4.69, 9.17) is 16.3 Å². The molecule has 2 aromatic rings. The molecule has 1 unspecified atom stereocenters. The van der Waals surface area contributed by atoms with Crippen LogP contribution >= 0.6 is 34.9 Å². The molecule has 0 saturated carbocycles. The number of carbonyl (C=O) groups excluding carboxylic acids is 1. The monoisotopic (exact) mass is 454 g/mol. The second-order valence-electron chi connectivity index (χ2n) is 6.14. The molecule has 1 aromatic heterocycles. The van der Waals surface area contributed by atoms with E-state index < -0.39 is 0 Å². The van der Waals surface area contributed by atoms with E-state index in [1.54, 1.807) is 41.6 Å². The maximum atomic E-state index is 12.2. The van der Waals surface area contributed by atoms with Crippen LogP contribution in [-0.2, 0) is 9.53 Å². The fourth-order valence-corrected chi connectivity index (χ4v) is 4.36. The summed E-state index contributed by atoms with van der Waals surface area (Å²) in [6.07, 6.45) is 4.58. The second-order valence-corrected chi connectivity index (χ2v) is 8.09. The van der Waals surface area contributed by atoms with E-state index in [1.165, 1.54) is 19.2 Å². The lowest BCUT2D eigenvalue weighted by atomic mass is 10.1. The molecule has 1 N–H and O–H groups in total. The normalized spacial score (nSPS) is 18.0. The number of ether oxygens (including phenoxy) is 1. The Morgan fingerprint density at radius 2 is 2.24 bits per heavy atom. The molecule has 6 nitrogen and oxygen atoms in total. The number of thiazole rings is 1. The third kappa shape index (κ3) is 5.16. The molecule has 0 aliphatic carbocycles. The summed E-state index contributed by atoms with van der Waals surface area (Å²) in [7, 11) is 1.41. The number of amidine groups is 1. The number of aromatic nitrogens is 1. The van der Waals surface area contributed by atoms with Crippen LogP contribution in [0.15, 0.2) is 52.1 Å².